The van der Waals surface area contributed by atoms with Gasteiger partial charge in [-0.25, -0.2) is 0 Å². The van der Waals surface area contributed by atoms with Gasteiger partial charge in [0, 0.05) is 18.8 Å². The van der Waals surface area contributed by atoms with Crippen LogP contribution in [0.15, 0.2) is 60.7 Å². The summed E-state index contributed by atoms with van der Waals surface area (Å²) >= 11 is 0. The van der Waals surface area contributed by atoms with Gasteiger partial charge in [-0.3, -0.25) is 4.79 Å². The van der Waals surface area contributed by atoms with Gasteiger partial charge in [-0.15, -0.1) is 0 Å². The highest BCUT2D eigenvalue weighted by molar-refractivity contribution is 5.81. The van der Waals surface area contributed by atoms with Crippen LogP contribution < -0.4 is 10.2 Å². The largest absolute Gasteiger partial charge is 0.365 e. The second kappa shape index (κ2) is 8.23. The fourth-order valence-electron chi connectivity index (χ4n) is 2.41. The van der Waals surface area contributed by atoms with E-state index in [2.05, 4.69) is 24.4 Å². The van der Waals surface area contributed by atoms with Crippen LogP contribution in [0.5, 0.6) is 0 Å². The fourth-order valence-corrected chi connectivity index (χ4v) is 2.41. The summed E-state index contributed by atoms with van der Waals surface area (Å²) in [5.74, 6) is 0.0620. The zero-order valence-corrected chi connectivity index (χ0v) is 13.3. The molecule has 0 heterocycles. The molecule has 0 bridgehead atoms. The van der Waals surface area contributed by atoms with E-state index in [1.165, 1.54) is 5.56 Å². The van der Waals surface area contributed by atoms with E-state index < -0.39 is 0 Å². The summed E-state index contributed by atoms with van der Waals surface area (Å²) in [4.78, 5) is 14.1. The predicted octanol–water partition coefficient (Wildman–Crippen LogP) is 3.26. The average Bonchev–Trinajstić information content (AvgIpc) is 2.54. The van der Waals surface area contributed by atoms with E-state index in [1.54, 1.807) is 0 Å². The van der Waals surface area contributed by atoms with Gasteiger partial charge in [0.15, 0.2) is 0 Å². The van der Waals surface area contributed by atoms with Crippen LogP contribution in [0.25, 0.3) is 0 Å². The molecule has 0 saturated carbocycles. The Kier molecular flexibility index (Phi) is 6.01. The Bertz CT molecular complexity index is 569. The Hall–Kier alpha value is -2.29. The van der Waals surface area contributed by atoms with Gasteiger partial charge in [0.2, 0.25) is 5.91 Å². The third kappa shape index (κ3) is 5.24. The second-order valence-corrected chi connectivity index (χ2v) is 5.68. The van der Waals surface area contributed by atoms with E-state index in [0.29, 0.717) is 6.54 Å². The minimum absolute atomic E-state index is 0.0620. The number of para-hydroxylation sites is 1. The summed E-state index contributed by atoms with van der Waals surface area (Å²) in [5.41, 5.74) is 2.36. The molecule has 0 saturated heterocycles. The van der Waals surface area contributed by atoms with Crippen LogP contribution in [0.3, 0.4) is 0 Å². The van der Waals surface area contributed by atoms with Gasteiger partial charge in [-0.05, 0) is 37.5 Å². The summed E-state index contributed by atoms with van der Waals surface area (Å²) in [5, 5.41) is 3.07. The standard InChI is InChI=1S/C19H24N2O/c1-16(13-14-17-9-5-3-6-10-17)20-19(22)15-21(2)18-11-7-4-8-12-18/h3-12,16H,13-15H2,1-2H3,(H,20,22)/t16-/m1/s1. The molecule has 0 unspecified atom stereocenters. The molecule has 1 atom stereocenters. The molecule has 0 aliphatic heterocycles. The average molecular weight is 296 g/mol. The Morgan fingerprint density at radius 2 is 1.64 bits per heavy atom. The van der Waals surface area contributed by atoms with Gasteiger partial charge in [-0.2, -0.15) is 0 Å². The summed E-state index contributed by atoms with van der Waals surface area (Å²) in [7, 11) is 1.93. The Balaban J connectivity index is 1.74. The number of rotatable bonds is 7. The van der Waals surface area contributed by atoms with Crippen LogP contribution in [-0.2, 0) is 11.2 Å². The number of aryl methyl sites for hydroxylation is 1. The number of hydrogen-bond acceptors (Lipinski definition) is 2. The van der Waals surface area contributed by atoms with E-state index >= 15 is 0 Å². The second-order valence-electron chi connectivity index (χ2n) is 5.68. The van der Waals surface area contributed by atoms with Crippen molar-refractivity contribution in [1.82, 2.24) is 5.32 Å². The maximum Gasteiger partial charge on any atom is 0.239 e. The number of likely N-dealkylation sites (N-methyl/N-ethyl adjacent to an activating group) is 1. The molecular formula is C19H24N2O. The highest BCUT2D eigenvalue weighted by Gasteiger charge is 2.10. The van der Waals surface area contributed by atoms with Crippen LogP contribution in [0, 0.1) is 0 Å². The highest BCUT2D eigenvalue weighted by Crippen LogP contribution is 2.10. The minimum atomic E-state index is 0.0620. The van der Waals surface area contributed by atoms with Crippen molar-refractivity contribution in [1.29, 1.82) is 0 Å². The number of anilines is 1. The van der Waals surface area contributed by atoms with Gasteiger partial charge < -0.3 is 10.2 Å². The summed E-state index contributed by atoms with van der Waals surface area (Å²) in [6, 6.07) is 20.5. The first-order valence-corrected chi connectivity index (χ1v) is 7.74. The zero-order chi connectivity index (χ0) is 15.8. The van der Waals surface area contributed by atoms with E-state index in [1.807, 2.05) is 60.5 Å². The number of nitrogens with one attached hydrogen (secondary N) is 1. The molecule has 0 fully saturated rings. The van der Waals surface area contributed by atoms with E-state index in [0.717, 1.165) is 18.5 Å². The number of carbonyl (C=O) groups excluding carboxylic acids is 1. The third-order valence-electron chi connectivity index (χ3n) is 3.69. The van der Waals surface area contributed by atoms with Crippen molar-refractivity contribution in [3.63, 3.8) is 0 Å². The normalized spacial score (nSPS) is 11.7. The molecule has 0 spiro atoms. The van der Waals surface area contributed by atoms with Gasteiger partial charge in [0.1, 0.15) is 0 Å². The lowest BCUT2D eigenvalue weighted by atomic mass is 10.1. The van der Waals surface area contributed by atoms with Gasteiger partial charge >= 0.3 is 0 Å². The van der Waals surface area contributed by atoms with E-state index in [-0.39, 0.29) is 11.9 Å². The Morgan fingerprint density at radius 3 is 2.27 bits per heavy atom. The lowest BCUT2D eigenvalue weighted by Crippen LogP contribution is -2.40. The molecule has 2 aromatic carbocycles. The van der Waals surface area contributed by atoms with Crippen molar-refractivity contribution in [2.75, 3.05) is 18.5 Å². The molecular weight excluding hydrogens is 272 g/mol. The lowest BCUT2D eigenvalue weighted by molar-refractivity contribution is -0.120. The smallest absolute Gasteiger partial charge is 0.239 e. The van der Waals surface area contributed by atoms with Crippen molar-refractivity contribution in [2.45, 2.75) is 25.8 Å². The molecule has 0 radical (unpaired) electrons. The molecule has 1 N–H and O–H groups in total. The van der Waals surface area contributed by atoms with Gasteiger partial charge in [0.05, 0.1) is 6.54 Å². The predicted molar refractivity (Wildman–Crippen MR) is 92.1 cm³/mol. The Morgan fingerprint density at radius 1 is 1.05 bits per heavy atom. The lowest BCUT2D eigenvalue weighted by Gasteiger charge is -2.20. The van der Waals surface area contributed by atoms with Crippen LogP contribution in [0.4, 0.5) is 5.69 Å². The van der Waals surface area contributed by atoms with Gasteiger partial charge in [0.25, 0.3) is 0 Å². The molecule has 0 aliphatic rings. The van der Waals surface area contributed by atoms with Crippen molar-refractivity contribution >= 4 is 11.6 Å². The molecule has 0 aromatic heterocycles. The number of carbonyl (C=O) groups is 1. The van der Waals surface area contributed by atoms with Crippen LogP contribution in [0.2, 0.25) is 0 Å². The maximum atomic E-state index is 12.1. The third-order valence-corrected chi connectivity index (χ3v) is 3.69. The zero-order valence-electron chi connectivity index (χ0n) is 13.3. The van der Waals surface area contributed by atoms with Crippen LogP contribution in [-0.4, -0.2) is 25.5 Å². The summed E-state index contributed by atoms with van der Waals surface area (Å²) in [6.07, 6.45) is 1.93. The quantitative estimate of drug-likeness (QED) is 0.850. The van der Waals surface area contributed by atoms with Crippen molar-refractivity contribution in [2.24, 2.45) is 0 Å². The van der Waals surface area contributed by atoms with Crippen LogP contribution in [0.1, 0.15) is 18.9 Å². The molecule has 3 heteroatoms. The van der Waals surface area contributed by atoms with Crippen molar-refractivity contribution in [3.8, 4) is 0 Å². The first kappa shape index (κ1) is 16.1. The van der Waals surface area contributed by atoms with Crippen molar-refractivity contribution in [3.05, 3.63) is 66.2 Å². The summed E-state index contributed by atoms with van der Waals surface area (Å²) < 4.78 is 0. The van der Waals surface area contributed by atoms with E-state index in [4.69, 9.17) is 0 Å². The van der Waals surface area contributed by atoms with Gasteiger partial charge in [-0.1, -0.05) is 48.5 Å². The molecule has 2 aromatic rings. The number of hydrogen-bond donors (Lipinski definition) is 1. The first-order chi connectivity index (χ1) is 10.6. The van der Waals surface area contributed by atoms with E-state index in [9.17, 15) is 4.79 Å². The fraction of sp³-hybridized carbons (Fsp3) is 0.316. The summed E-state index contributed by atoms with van der Waals surface area (Å²) in [6.45, 7) is 2.43. The Labute approximate surface area is 133 Å². The topological polar surface area (TPSA) is 32.3 Å². The molecule has 0 aliphatic carbocycles. The minimum Gasteiger partial charge on any atom is -0.365 e. The SMILES string of the molecule is C[C@H](CCc1ccccc1)NC(=O)CN(C)c1ccccc1. The molecule has 2 rings (SSSR count). The number of nitrogens with zero attached hydrogens (tertiary/aromatic N) is 1. The number of benzene rings is 2. The monoisotopic (exact) mass is 296 g/mol. The molecule has 1 amide bonds. The number of amides is 1. The first-order valence-electron chi connectivity index (χ1n) is 7.74. The molecule has 3 nitrogen and oxygen atoms in total. The van der Waals surface area contributed by atoms with Crippen LogP contribution >= 0.6 is 0 Å². The molecule has 22 heavy (non-hydrogen) atoms. The van der Waals surface area contributed by atoms with Crippen molar-refractivity contribution < 1.29 is 4.79 Å². The highest BCUT2D eigenvalue weighted by atomic mass is 16.2. The molecule has 116 valence electrons. The maximum absolute atomic E-state index is 12.1.